The molecule has 2 heterocycles. The van der Waals surface area contributed by atoms with Crippen LogP contribution in [-0.4, -0.2) is 29.5 Å². The molecule has 1 fully saturated rings. The van der Waals surface area contributed by atoms with Crippen LogP contribution < -0.4 is 15.5 Å². The zero-order valence-electron chi connectivity index (χ0n) is 17.5. The lowest BCUT2D eigenvalue weighted by atomic mass is 10.0. The summed E-state index contributed by atoms with van der Waals surface area (Å²) < 4.78 is 38.0. The molecule has 0 aliphatic carbocycles. The quantitative estimate of drug-likeness (QED) is 0.577. The lowest BCUT2D eigenvalue weighted by Gasteiger charge is -2.32. The van der Waals surface area contributed by atoms with E-state index in [2.05, 4.69) is 15.6 Å². The van der Waals surface area contributed by atoms with E-state index in [-0.39, 0.29) is 11.6 Å². The summed E-state index contributed by atoms with van der Waals surface area (Å²) in [6.07, 6.45) is 0.182. The van der Waals surface area contributed by atoms with Crippen LogP contribution in [0.5, 0.6) is 0 Å². The Bertz CT molecular complexity index is 1120. The molecule has 2 N–H and O–H groups in total. The Morgan fingerprint density at radius 2 is 1.73 bits per heavy atom. The minimum absolute atomic E-state index is 0.201. The van der Waals surface area contributed by atoms with Crippen molar-refractivity contribution in [2.45, 2.75) is 25.1 Å². The summed E-state index contributed by atoms with van der Waals surface area (Å²) in [7, 11) is 0. The zero-order chi connectivity index (χ0) is 23.4. The number of carbonyl (C=O) groups excluding carboxylic acids is 2. The molecule has 3 amide bonds. The summed E-state index contributed by atoms with van der Waals surface area (Å²) in [4.78, 5) is 31.0. The lowest BCUT2D eigenvalue weighted by molar-refractivity contribution is -0.137. The highest BCUT2D eigenvalue weighted by atomic mass is 19.4. The Morgan fingerprint density at radius 3 is 2.36 bits per heavy atom. The van der Waals surface area contributed by atoms with Crippen LogP contribution in [0.25, 0.3) is 11.1 Å². The molecular weight excluding hydrogens is 433 g/mol. The average molecular weight is 454 g/mol. The fraction of sp³-hybridized carbons (Fsp3) is 0.208. The third-order valence-electron chi connectivity index (χ3n) is 5.39. The molecule has 1 aliphatic rings. The van der Waals surface area contributed by atoms with Gasteiger partial charge in [0.25, 0.3) is 0 Å². The van der Waals surface area contributed by atoms with Gasteiger partial charge in [-0.3, -0.25) is 9.78 Å². The van der Waals surface area contributed by atoms with E-state index in [1.807, 2.05) is 36.4 Å². The van der Waals surface area contributed by atoms with E-state index >= 15 is 0 Å². The number of pyridine rings is 1. The number of hydrogen-bond acceptors (Lipinski definition) is 3. The first kappa shape index (κ1) is 22.3. The molecule has 33 heavy (non-hydrogen) atoms. The van der Waals surface area contributed by atoms with Crippen LogP contribution in [0.1, 0.15) is 18.4 Å². The molecule has 4 rings (SSSR count). The Labute approximate surface area is 188 Å². The minimum atomic E-state index is -4.45. The van der Waals surface area contributed by atoms with Crippen molar-refractivity contribution >= 4 is 23.3 Å². The molecule has 1 aromatic heterocycles. The normalized spacial score (nSPS) is 16.4. The molecule has 0 spiro atoms. The van der Waals surface area contributed by atoms with E-state index in [9.17, 15) is 22.8 Å². The van der Waals surface area contributed by atoms with E-state index in [4.69, 9.17) is 0 Å². The maximum absolute atomic E-state index is 13.0. The van der Waals surface area contributed by atoms with Crippen molar-refractivity contribution in [3.63, 3.8) is 0 Å². The lowest BCUT2D eigenvalue weighted by Crippen LogP contribution is -2.53. The molecule has 0 bridgehead atoms. The minimum Gasteiger partial charge on any atom is -0.326 e. The standard InChI is InChI=1S/C24H21F3N4O2/c25-24(26,27)18-7-9-19(10-8-18)29-23(33)30-21-4-2-14-31(22(21)32)20-11-5-16(6-12-20)17-3-1-13-28-15-17/h1,3,5-13,15,21H,2,4,14H2,(H2,29,30,33). The summed E-state index contributed by atoms with van der Waals surface area (Å²) in [6, 6.07) is 14.1. The van der Waals surface area contributed by atoms with E-state index in [0.29, 0.717) is 19.4 Å². The van der Waals surface area contributed by atoms with Crippen molar-refractivity contribution in [2.24, 2.45) is 0 Å². The van der Waals surface area contributed by atoms with E-state index < -0.39 is 23.8 Å². The van der Waals surface area contributed by atoms with Crippen LogP contribution >= 0.6 is 0 Å². The summed E-state index contributed by atoms with van der Waals surface area (Å²) in [5, 5.41) is 5.10. The number of benzene rings is 2. The van der Waals surface area contributed by atoms with Crippen molar-refractivity contribution in [3.05, 3.63) is 78.6 Å². The monoisotopic (exact) mass is 454 g/mol. The number of nitrogens with zero attached hydrogens (tertiary/aromatic N) is 2. The number of aromatic nitrogens is 1. The van der Waals surface area contributed by atoms with Crippen molar-refractivity contribution in [1.82, 2.24) is 10.3 Å². The van der Waals surface area contributed by atoms with E-state index in [1.165, 1.54) is 12.1 Å². The van der Waals surface area contributed by atoms with E-state index in [1.54, 1.807) is 17.3 Å². The van der Waals surface area contributed by atoms with Crippen LogP contribution in [-0.2, 0) is 11.0 Å². The zero-order valence-corrected chi connectivity index (χ0v) is 17.5. The number of piperidine rings is 1. The molecule has 0 radical (unpaired) electrons. The molecule has 170 valence electrons. The molecule has 9 heteroatoms. The number of hydrogen-bond donors (Lipinski definition) is 2. The SMILES string of the molecule is O=C(Nc1ccc(C(F)(F)F)cc1)NC1CCCN(c2ccc(-c3cccnc3)cc2)C1=O. The first-order chi connectivity index (χ1) is 15.8. The van der Waals surface area contributed by atoms with Crippen molar-refractivity contribution in [1.29, 1.82) is 0 Å². The van der Waals surface area contributed by atoms with Gasteiger partial charge >= 0.3 is 12.2 Å². The Balaban J connectivity index is 1.38. The predicted octanol–water partition coefficient (Wildman–Crippen LogP) is 5.08. The highest BCUT2D eigenvalue weighted by Crippen LogP contribution is 2.30. The third kappa shape index (κ3) is 5.31. The molecule has 1 unspecified atom stereocenters. The molecule has 2 aromatic carbocycles. The smallest absolute Gasteiger partial charge is 0.326 e. The summed E-state index contributed by atoms with van der Waals surface area (Å²) >= 11 is 0. The van der Waals surface area contributed by atoms with Crippen LogP contribution in [0.2, 0.25) is 0 Å². The molecule has 3 aromatic rings. The molecule has 1 saturated heterocycles. The highest BCUT2D eigenvalue weighted by molar-refractivity contribution is 6.01. The average Bonchev–Trinajstić information content (AvgIpc) is 2.81. The Kier molecular flexibility index (Phi) is 6.30. The van der Waals surface area contributed by atoms with Crippen LogP contribution in [0, 0.1) is 0 Å². The van der Waals surface area contributed by atoms with Crippen LogP contribution in [0.3, 0.4) is 0 Å². The van der Waals surface area contributed by atoms with Gasteiger partial charge in [0.1, 0.15) is 6.04 Å². The molecular formula is C24H21F3N4O2. The maximum Gasteiger partial charge on any atom is 0.416 e. The van der Waals surface area contributed by atoms with Crippen LogP contribution in [0.4, 0.5) is 29.3 Å². The molecule has 1 atom stereocenters. The third-order valence-corrected chi connectivity index (χ3v) is 5.39. The number of carbonyl (C=O) groups is 2. The highest BCUT2D eigenvalue weighted by Gasteiger charge is 2.32. The summed E-state index contributed by atoms with van der Waals surface area (Å²) in [5.74, 6) is -0.238. The van der Waals surface area contributed by atoms with Crippen molar-refractivity contribution in [2.75, 3.05) is 16.8 Å². The number of nitrogens with one attached hydrogen (secondary N) is 2. The topological polar surface area (TPSA) is 74.3 Å². The van der Waals surface area contributed by atoms with Crippen molar-refractivity contribution in [3.8, 4) is 11.1 Å². The van der Waals surface area contributed by atoms with Gasteiger partial charge in [0.15, 0.2) is 0 Å². The number of anilines is 2. The Morgan fingerprint density at radius 1 is 1.00 bits per heavy atom. The first-order valence-electron chi connectivity index (χ1n) is 10.4. The number of rotatable bonds is 4. The van der Waals surface area contributed by atoms with Gasteiger partial charge in [-0.05, 0) is 66.4 Å². The molecule has 1 aliphatic heterocycles. The number of alkyl halides is 3. The molecule has 0 saturated carbocycles. The predicted molar refractivity (Wildman–Crippen MR) is 119 cm³/mol. The number of halogens is 3. The fourth-order valence-corrected chi connectivity index (χ4v) is 3.70. The Hall–Kier alpha value is -3.88. The van der Waals surface area contributed by atoms with Gasteiger partial charge in [0.2, 0.25) is 5.91 Å². The summed E-state index contributed by atoms with van der Waals surface area (Å²) in [6.45, 7) is 0.532. The number of amides is 3. The number of urea groups is 1. The van der Waals surface area contributed by atoms with E-state index in [0.717, 1.165) is 28.9 Å². The van der Waals surface area contributed by atoms with Crippen molar-refractivity contribution < 1.29 is 22.8 Å². The fourth-order valence-electron chi connectivity index (χ4n) is 3.70. The van der Waals surface area contributed by atoms with Gasteiger partial charge in [-0.15, -0.1) is 0 Å². The largest absolute Gasteiger partial charge is 0.416 e. The van der Waals surface area contributed by atoms with Gasteiger partial charge in [0, 0.05) is 30.3 Å². The van der Waals surface area contributed by atoms with Gasteiger partial charge in [0.05, 0.1) is 5.56 Å². The second kappa shape index (κ2) is 9.32. The van der Waals surface area contributed by atoms with Gasteiger partial charge < -0.3 is 15.5 Å². The van der Waals surface area contributed by atoms with Gasteiger partial charge in [-0.25, -0.2) is 4.79 Å². The second-order valence-electron chi connectivity index (χ2n) is 7.65. The van der Waals surface area contributed by atoms with Gasteiger partial charge in [-0.1, -0.05) is 18.2 Å². The maximum atomic E-state index is 13.0. The second-order valence-corrected chi connectivity index (χ2v) is 7.65. The summed E-state index contributed by atoms with van der Waals surface area (Å²) in [5.41, 5.74) is 2.06. The first-order valence-corrected chi connectivity index (χ1v) is 10.4. The van der Waals surface area contributed by atoms with Gasteiger partial charge in [-0.2, -0.15) is 13.2 Å². The van der Waals surface area contributed by atoms with Crippen LogP contribution in [0.15, 0.2) is 73.1 Å². The molecule has 6 nitrogen and oxygen atoms in total.